The monoisotopic (exact) mass is 457 g/mol. The zero-order chi connectivity index (χ0) is 22.7. The highest BCUT2D eigenvalue weighted by Gasteiger charge is 2.33. The van der Waals surface area contributed by atoms with Gasteiger partial charge in [-0.05, 0) is 29.6 Å². The van der Waals surface area contributed by atoms with Crippen LogP contribution in [0.3, 0.4) is 0 Å². The van der Waals surface area contributed by atoms with E-state index in [1.165, 1.54) is 17.6 Å². The summed E-state index contributed by atoms with van der Waals surface area (Å²) in [5.41, 5.74) is 2.56. The van der Waals surface area contributed by atoms with Crippen molar-refractivity contribution < 1.29 is 18.1 Å². The van der Waals surface area contributed by atoms with Gasteiger partial charge in [-0.15, -0.1) is 11.3 Å². The number of halogens is 3. The van der Waals surface area contributed by atoms with E-state index in [0.717, 1.165) is 22.7 Å². The van der Waals surface area contributed by atoms with Crippen LogP contribution >= 0.6 is 11.3 Å². The Bertz CT molecular complexity index is 1270. The number of hydrogen-bond donors (Lipinski definition) is 1. The number of aromatic nitrogens is 2. The minimum absolute atomic E-state index is 0.161. The number of thiophene rings is 1. The molecule has 0 aliphatic heterocycles. The van der Waals surface area contributed by atoms with Crippen LogP contribution in [0.4, 0.5) is 24.5 Å². The van der Waals surface area contributed by atoms with Crippen LogP contribution < -0.4 is 5.43 Å². The standard InChI is InChI=1S/C21H14F3N5O2S/c22-21(23,24)16-8-9-17(18(11-16)29(30)31)26-25-12-15-13-28(19-7-4-10-32-19)27-20(15)14-5-2-1-3-6-14/h1-13,26H. The summed E-state index contributed by atoms with van der Waals surface area (Å²) in [6, 6.07) is 15.4. The van der Waals surface area contributed by atoms with Crippen LogP contribution in [-0.2, 0) is 6.18 Å². The summed E-state index contributed by atoms with van der Waals surface area (Å²) >= 11 is 1.50. The molecule has 32 heavy (non-hydrogen) atoms. The predicted molar refractivity (Wildman–Crippen MR) is 116 cm³/mol. The molecule has 0 unspecified atom stereocenters. The molecule has 0 saturated carbocycles. The van der Waals surface area contributed by atoms with E-state index in [1.54, 1.807) is 10.9 Å². The fourth-order valence-corrected chi connectivity index (χ4v) is 3.60. The first-order valence-corrected chi connectivity index (χ1v) is 10.0. The fraction of sp³-hybridized carbons (Fsp3) is 0.0476. The van der Waals surface area contributed by atoms with E-state index in [0.29, 0.717) is 17.3 Å². The number of nitro benzene ring substituents is 1. The molecule has 0 spiro atoms. The van der Waals surface area contributed by atoms with Crippen LogP contribution in [0.1, 0.15) is 11.1 Å². The second-order valence-electron chi connectivity index (χ2n) is 6.55. The van der Waals surface area contributed by atoms with Crippen molar-refractivity contribution in [3.8, 4) is 16.3 Å². The van der Waals surface area contributed by atoms with E-state index < -0.39 is 22.4 Å². The van der Waals surface area contributed by atoms with Crippen LogP contribution in [-0.4, -0.2) is 20.9 Å². The first-order valence-electron chi connectivity index (χ1n) is 9.16. The summed E-state index contributed by atoms with van der Waals surface area (Å²) in [7, 11) is 0. The zero-order valence-electron chi connectivity index (χ0n) is 16.2. The van der Waals surface area contributed by atoms with E-state index >= 15 is 0 Å². The number of rotatable bonds is 6. The van der Waals surface area contributed by atoms with Gasteiger partial charge in [0.15, 0.2) is 0 Å². The van der Waals surface area contributed by atoms with Crippen LogP contribution in [0.2, 0.25) is 0 Å². The van der Waals surface area contributed by atoms with Gasteiger partial charge in [0.25, 0.3) is 5.69 Å². The number of alkyl halides is 3. The van der Waals surface area contributed by atoms with E-state index in [9.17, 15) is 23.3 Å². The third kappa shape index (κ3) is 4.52. The molecule has 0 bridgehead atoms. The van der Waals surface area contributed by atoms with Crippen molar-refractivity contribution in [2.24, 2.45) is 5.10 Å². The summed E-state index contributed by atoms with van der Waals surface area (Å²) in [5.74, 6) is 0. The molecule has 2 heterocycles. The molecule has 2 aromatic heterocycles. The number of nitrogens with zero attached hydrogens (tertiary/aromatic N) is 4. The molecule has 0 fully saturated rings. The Labute approximate surface area is 183 Å². The molecule has 2 aromatic carbocycles. The number of nitro groups is 1. The summed E-state index contributed by atoms with van der Waals surface area (Å²) in [4.78, 5) is 10.4. The minimum Gasteiger partial charge on any atom is -0.272 e. The molecule has 162 valence electrons. The number of anilines is 1. The molecular formula is C21H14F3N5O2S. The molecule has 0 aliphatic carbocycles. The lowest BCUT2D eigenvalue weighted by Gasteiger charge is -2.08. The molecule has 11 heteroatoms. The van der Waals surface area contributed by atoms with Crippen molar-refractivity contribution in [3.05, 3.63) is 93.5 Å². The van der Waals surface area contributed by atoms with Crippen molar-refractivity contribution in [2.45, 2.75) is 6.18 Å². The Kier molecular flexibility index (Phi) is 5.73. The number of benzene rings is 2. The Morgan fingerprint density at radius 1 is 1.12 bits per heavy atom. The molecule has 4 rings (SSSR count). The lowest BCUT2D eigenvalue weighted by atomic mass is 10.1. The van der Waals surface area contributed by atoms with Gasteiger partial charge in [-0.1, -0.05) is 30.3 Å². The van der Waals surface area contributed by atoms with Gasteiger partial charge in [-0.3, -0.25) is 15.5 Å². The Hall–Kier alpha value is -3.99. The van der Waals surface area contributed by atoms with Crippen molar-refractivity contribution >= 4 is 28.9 Å². The van der Waals surface area contributed by atoms with Crippen LogP contribution in [0.25, 0.3) is 16.3 Å². The molecule has 0 radical (unpaired) electrons. The highest BCUT2D eigenvalue weighted by molar-refractivity contribution is 7.12. The third-order valence-corrected chi connectivity index (χ3v) is 5.29. The van der Waals surface area contributed by atoms with E-state index in [1.807, 2.05) is 47.8 Å². The number of hydrazone groups is 1. The molecule has 4 aromatic rings. The maximum absolute atomic E-state index is 12.9. The Morgan fingerprint density at radius 3 is 2.56 bits per heavy atom. The average molecular weight is 457 g/mol. The molecule has 7 nitrogen and oxygen atoms in total. The van der Waals surface area contributed by atoms with Crippen molar-refractivity contribution in [1.29, 1.82) is 0 Å². The lowest BCUT2D eigenvalue weighted by molar-refractivity contribution is -0.384. The SMILES string of the molecule is O=[N+]([O-])c1cc(C(F)(F)F)ccc1NN=Cc1cn(-c2cccs2)nc1-c1ccccc1. The number of hydrogen-bond acceptors (Lipinski definition) is 6. The maximum Gasteiger partial charge on any atom is 0.416 e. The van der Waals surface area contributed by atoms with Gasteiger partial charge in [0.2, 0.25) is 0 Å². The largest absolute Gasteiger partial charge is 0.416 e. The smallest absolute Gasteiger partial charge is 0.272 e. The fourth-order valence-electron chi connectivity index (χ4n) is 2.94. The second-order valence-corrected chi connectivity index (χ2v) is 7.48. The molecule has 0 saturated heterocycles. The summed E-state index contributed by atoms with van der Waals surface area (Å²) in [6.45, 7) is 0. The summed E-state index contributed by atoms with van der Waals surface area (Å²) in [5, 5.41) is 22.7. The van der Waals surface area contributed by atoms with Crippen LogP contribution in [0.15, 0.2) is 77.3 Å². The molecule has 1 N–H and O–H groups in total. The highest BCUT2D eigenvalue weighted by Crippen LogP contribution is 2.35. The second kappa shape index (κ2) is 8.63. The Balaban J connectivity index is 1.66. The number of nitrogens with one attached hydrogen (secondary N) is 1. The molecule has 0 amide bonds. The van der Waals surface area contributed by atoms with Crippen LogP contribution in [0, 0.1) is 10.1 Å². The maximum atomic E-state index is 12.9. The normalized spacial score (nSPS) is 11.7. The first kappa shape index (κ1) is 21.2. The summed E-state index contributed by atoms with van der Waals surface area (Å²) in [6.07, 6.45) is -1.52. The van der Waals surface area contributed by atoms with Gasteiger partial charge in [-0.2, -0.15) is 23.4 Å². The summed E-state index contributed by atoms with van der Waals surface area (Å²) < 4.78 is 40.3. The van der Waals surface area contributed by atoms with Crippen molar-refractivity contribution in [3.63, 3.8) is 0 Å². The first-order chi connectivity index (χ1) is 15.3. The predicted octanol–water partition coefficient (Wildman–Crippen LogP) is 5.97. The van der Waals surface area contributed by atoms with Gasteiger partial charge >= 0.3 is 6.18 Å². The topological polar surface area (TPSA) is 85.4 Å². The van der Waals surface area contributed by atoms with Crippen LogP contribution in [0.5, 0.6) is 0 Å². The minimum atomic E-state index is -4.69. The van der Waals surface area contributed by atoms with Gasteiger partial charge in [-0.25, -0.2) is 4.68 Å². The van der Waals surface area contributed by atoms with E-state index in [-0.39, 0.29) is 5.69 Å². The molecule has 0 atom stereocenters. The molecule has 0 aliphatic rings. The van der Waals surface area contributed by atoms with Gasteiger partial charge in [0, 0.05) is 23.4 Å². The van der Waals surface area contributed by atoms with Gasteiger partial charge < -0.3 is 0 Å². The Morgan fingerprint density at radius 2 is 1.91 bits per heavy atom. The zero-order valence-corrected chi connectivity index (χ0v) is 17.0. The van der Waals surface area contributed by atoms with Crippen molar-refractivity contribution in [2.75, 3.05) is 5.43 Å². The third-order valence-electron chi connectivity index (χ3n) is 4.43. The van der Waals surface area contributed by atoms with E-state index in [2.05, 4.69) is 15.6 Å². The molecular weight excluding hydrogens is 443 g/mol. The lowest BCUT2D eigenvalue weighted by Crippen LogP contribution is -2.06. The average Bonchev–Trinajstić information content (AvgIpc) is 3.44. The van der Waals surface area contributed by atoms with Gasteiger partial charge in [0.05, 0.1) is 16.7 Å². The van der Waals surface area contributed by atoms with Crippen molar-refractivity contribution in [1.82, 2.24) is 9.78 Å². The quantitative estimate of drug-likeness (QED) is 0.219. The van der Waals surface area contributed by atoms with Gasteiger partial charge in [0.1, 0.15) is 16.4 Å². The van der Waals surface area contributed by atoms with E-state index in [4.69, 9.17) is 0 Å². The highest BCUT2D eigenvalue weighted by atomic mass is 32.1.